The van der Waals surface area contributed by atoms with Crippen LogP contribution in [0.5, 0.6) is 11.5 Å². The minimum atomic E-state index is -0.272. The first-order valence-corrected chi connectivity index (χ1v) is 4.10. The van der Waals surface area contributed by atoms with Crippen LogP contribution >= 0.6 is 11.6 Å². The highest BCUT2D eigenvalue weighted by Gasteiger charge is 2.08. The van der Waals surface area contributed by atoms with Gasteiger partial charge in [0, 0.05) is 11.5 Å². The summed E-state index contributed by atoms with van der Waals surface area (Å²) in [7, 11) is 0. The third-order valence-corrected chi connectivity index (χ3v) is 1.96. The highest BCUT2D eigenvalue weighted by molar-refractivity contribution is 6.28. The van der Waals surface area contributed by atoms with Gasteiger partial charge in [-0.25, -0.2) is 9.97 Å². The van der Waals surface area contributed by atoms with Gasteiger partial charge in [0.25, 0.3) is 0 Å². The Hall–Kier alpha value is -1.75. The number of halogens is 1. The number of aromatic nitrogens is 2. The van der Waals surface area contributed by atoms with Crippen LogP contribution < -0.4 is 5.73 Å². The molecule has 2 aromatic rings. The molecular weight excluding hydrogens is 206 g/mol. The summed E-state index contributed by atoms with van der Waals surface area (Å²) in [5.74, 6) is -0.378. The van der Waals surface area contributed by atoms with E-state index in [0.29, 0.717) is 10.9 Å². The molecule has 4 N–H and O–H groups in total. The van der Waals surface area contributed by atoms with Crippen LogP contribution in [0, 0.1) is 0 Å². The van der Waals surface area contributed by atoms with Crippen molar-refractivity contribution in [3.63, 3.8) is 0 Å². The Labute approximate surface area is 83.8 Å². The van der Waals surface area contributed by atoms with Gasteiger partial charge in [-0.1, -0.05) is 0 Å². The molecule has 72 valence electrons. The molecule has 0 radical (unpaired) electrons. The molecule has 0 aliphatic heterocycles. The molecule has 1 aromatic heterocycles. The Morgan fingerprint density at radius 3 is 2.50 bits per heavy atom. The van der Waals surface area contributed by atoms with Crippen molar-refractivity contribution in [3.05, 3.63) is 17.4 Å². The Morgan fingerprint density at radius 2 is 1.79 bits per heavy atom. The van der Waals surface area contributed by atoms with Gasteiger partial charge in [-0.15, -0.1) is 0 Å². The summed E-state index contributed by atoms with van der Waals surface area (Å²) in [5.41, 5.74) is 5.93. The molecule has 0 aliphatic rings. The van der Waals surface area contributed by atoms with Crippen molar-refractivity contribution >= 4 is 28.3 Å². The summed E-state index contributed by atoms with van der Waals surface area (Å²) in [5, 5.41) is 18.9. The van der Waals surface area contributed by atoms with Crippen molar-refractivity contribution in [2.75, 3.05) is 5.73 Å². The number of phenolic OH excluding ortho intramolecular Hbond substituents is 2. The van der Waals surface area contributed by atoms with Crippen LogP contribution in [0.15, 0.2) is 12.1 Å². The zero-order valence-corrected chi connectivity index (χ0v) is 7.65. The lowest BCUT2D eigenvalue weighted by molar-refractivity contribution is 0.405. The number of benzene rings is 1. The highest BCUT2D eigenvalue weighted by atomic mass is 35.5. The lowest BCUT2D eigenvalue weighted by atomic mass is 10.2. The fraction of sp³-hybridized carbons (Fsp3) is 0. The fourth-order valence-electron chi connectivity index (χ4n) is 1.15. The average molecular weight is 212 g/mol. The first-order chi connectivity index (χ1) is 6.58. The van der Waals surface area contributed by atoms with Crippen LogP contribution in [-0.4, -0.2) is 20.2 Å². The van der Waals surface area contributed by atoms with Gasteiger partial charge in [-0.3, -0.25) is 0 Å². The zero-order chi connectivity index (χ0) is 10.3. The lowest BCUT2D eigenvalue weighted by Crippen LogP contribution is -1.94. The maximum atomic E-state index is 9.22. The van der Waals surface area contributed by atoms with Gasteiger partial charge < -0.3 is 15.9 Å². The topological polar surface area (TPSA) is 92.3 Å². The van der Waals surface area contributed by atoms with E-state index < -0.39 is 0 Å². The maximum Gasteiger partial charge on any atom is 0.224 e. The predicted molar refractivity (Wildman–Crippen MR) is 52.3 cm³/mol. The number of rotatable bonds is 0. The molecule has 1 aromatic carbocycles. The van der Waals surface area contributed by atoms with E-state index in [9.17, 15) is 10.2 Å². The molecule has 0 bridgehead atoms. The van der Waals surface area contributed by atoms with Crippen molar-refractivity contribution in [1.29, 1.82) is 0 Å². The van der Waals surface area contributed by atoms with Gasteiger partial charge in [-0.2, -0.15) is 0 Å². The second-order valence-electron chi connectivity index (χ2n) is 2.74. The van der Waals surface area contributed by atoms with Gasteiger partial charge in [0.15, 0.2) is 11.5 Å². The zero-order valence-electron chi connectivity index (χ0n) is 6.90. The quantitative estimate of drug-likeness (QED) is 0.451. The van der Waals surface area contributed by atoms with E-state index in [4.69, 9.17) is 17.3 Å². The second-order valence-corrected chi connectivity index (χ2v) is 3.07. The predicted octanol–water partition coefficient (Wildman–Crippen LogP) is 1.28. The second kappa shape index (κ2) is 2.88. The van der Waals surface area contributed by atoms with Gasteiger partial charge in [-0.05, 0) is 17.7 Å². The summed E-state index contributed by atoms with van der Waals surface area (Å²) in [6.07, 6.45) is 0. The number of hydrogen-bond donors (Lipinski definition) is 3. The van der Waals surface area contributed by atoms with Gasteiger partial charge in [0.05, 0.1) is 5.52 Å². The van der Waals surface area contributed by atoms with Crippen LogP contribution in [0.25, 0.3) is 10.9 Å². The molecule has 0 aliphatic carbocycles. The number of nitrogens with zero attached hydrogens (tertiary/aromatic N) is 2. The third-order valence-electron chi connectivity index (χ3n) is 1.79. The number of anilines is 1. The molecule has 0 amide bonds. The molecule has 14 heavy (non-hydrogen) atoms. The molecular formula is C8H6ClN3O2. The summed E-state index contributed by atoms with van der Waals surface area (Å²) in [6.45, 7) is 0. The molecule has 6 heteroatoms. The van der Waals surface area contributed by atoms with E-state index in [2.05, 4.69) is 9.97 Å². The molecule has 0 atom stereocenters. The van der Waals surface area contributed by atoms with Crippen LogP contribution in [0.3, 0.4) is 0 Å². The minimum Gasteiger partial charge on any atom is -0.504 e. The number of nitrogens with two attached hydrogens (primary N) is 1. The standard InChI is InChI=1S/C8H6ClN3O2/c9-8-11-4-2-6(14)5(13)1-3(4)7(10)12-8/h1-2,13-14H,(H2,10,11,12). The largest absolute Gasteiger partial charge is 0.504 e. The molecule has 0 fully saturated rings. The van der Waals surface area contributed by atoms with Crippen molar-refractivity contribution in [2.24, 2.45) is 0 Å². The van der Waals surface area contributed by atoms with Crippen molar-refractivity contribution < 1.29 is 10.2 Å². The van der Waals surface area contributed by atoms with Crippen LogP contribution in [0.2, 0.25) is 5.28 Å². The highest BCUT2D eigenvalue weighted by Crippen LogP contribution is 2.31. The molecule has 0 saturated heterocycles. The summed E-state index contributed by atoms with van der Waals surface area (Å²) < 4.78 is 0. The van der Waals surface area contributed by atoms with Crippen molar-refractivity contribution in [1.82, 2.24) is 9.97 Å². The lowest BCUT2D eigenvalue weighted by Gasteiger charge is -2.03. The van der Waals surface area contributed by atoms with E-state index in [-0.39, 0.29) is 22.6 Å². The van der Waals surface area contributed by atoms with Crippen LogP contribution in [0.1, 0.15) is 0 Å². The monoisotopic (exact) mass is 211 g/mol. The molecule has 1 heterocycles. The summed E-state index contributed by atoms with van der Waals surface area (Å²) >= 11 is 5.57. The van der Waals surface area contributed by atoms with Crippen molar-refractivity contribution in [3.8, 4) is 11.5 Å². The summed E-state index contributed by atoms with van der Waals surface area (Å²) in [6, 6.07) is 2.56. The average Bonchev–Trinajstić information content (AvgIpc) is 2.08. The number of phenols is 2. The van der Waals surface area contributed by atoms with Crippen LogP contribution in [0.4, 0.5) is 5.82 Å². The minimum absolute atomic E-state index is 0.0000831. The molecule has 5 nitrogen and oxygen atoms in total. The Morgan fingerprint density at radius 1 is 1.14 bits per heavy atom. The van der Waals surface area contributed by atoms with E-state index in [1.165, 1.54) is 12.1 Å². The van der Waals surface area contributed by atoms with Crippen molar-refractivity contribution in [2.45, 2.75) is 0 Å². The number of fused-ring (bicyclic) bond motifs is 1. The number of nitrogen functional groups attached to an aromatic ring is 1. The number of aromatic hydroxyl groups is 2. The maximum absolute atomic E-state index is 9.22. The Kier molecular flexibility index (Phi) is 1.82. The molecule has 0 saturated carbocycles. The van der Waals surface area contributed by atoms with E-state index in [0.717, 1.165) is 0 Å². The smallest absolute Gasteiger partial charge is 0.224 e. The summed E-state index contributed by atoms with van der Waals surface area (Å²) in [4.78, 5) is 7.55. The Bertz CT molecular complexity index is 515. The Balaban J connectivity index is 2.89. The van der Waals surface area contributed by atoms with E-state index >= 15 is 0 Å². The molecule has 0 spiro atoms. The van der Waals surface area contributed by atoms with E-state index in [1.807, 2.05) is 0 Å². The normalized spacial score (nSPS) is 10.6. The molecule has 2 rings (SSSR count). The van der Waals surface area contributed by atoms with Gasteiger partial charge in [0.2, 0.25) is 5.28 Å². The fourth-order valence-corrected chi connectivity index (χ4v) is 1.33. The number of hydrogen-bond acceptors (Lipinski definition) is 5. The molecule has 0 unspecified atom stereocenters. The SMILES string of the molecule is Nc1nc(Cl)nc2cc(O)c(O)cc12. The third kappa shape index (κ3) is 1.27. The van der Waals surface area contributed by atoms with Gasteiger partial charge in [0.1, 0.15) is 5.82 Å². The van der Waals surface area contributed by atoms with E-state index in [1.54, 1.807) is 0 Å². The van der Waals surface area contributed by atoms with Crippen LogP contribution in [-0.2, 0) is 0 Å². The van der Waals surface area contributed by atoms with Gasteiger partial charge >= 0.3 is 0 Å². The first-order valence-electron chi connectivity index (χ1n) is 3.72. The first kappa shape index (κ1) is 8.83.